The molecule has 2 rings (SSSR count). The zero-order valence-corrected chi connectivity index (χ0v) is 11.5. The average molecular weight is 250 g/mol. The Morgan fingerprint density at radius 1 is 1.39 bits per heavy atom. The Balaban J connectivity index is 1.73. The molecule has 0 unspecified atom stereocenters. The van der Waals surface area contributed by atoms with Gasteiger partial charge in [0.2, 0.25) is 0 Å². The van der Waals surface area contributed by atoms with Crippen LogP contribution in [0.1, 0.15) is 44.7 Å². The molecule has 0 atom stereocenters. The molecule has 1 saturated carbocycles. The van der Waals surface area contributed by atoms with Crippen LogP contribution in [0.4, 0.5) is 0 Å². The summed E-state index contributed by atoms with van der Waals surface area (Å²) in [6.07, 6.45) is 10.9. The number of rotatable bonds is 6. The largest absolute Gasteiger partial charge is 0.336 e. The smallest absolute Gasteiger partial charge is 0.0950 e. The van der Waals surface area contributed by atoms with Crippen LogP contribution in [0, 0.1) is 5.41 Å². The minimum atomic E-state index is 0.498. The molecule has 1 aliphatic rings. The molecule has 0 aromatic carbocycles. The summed E-state index contributed by atoms with van der Waals surface area (Å²) in [4.78, 5) is 4.39. The maximum absolute atomic E-state index is 5.52. The van der Waals surface area contributed by atoms with Crippen LogP contribution in [0.5, 0.6) is 0 Å². The standard InChI is InChI=1S/C14H26N4/c1-14(5-3-2-4-6-14)11-16-9-13-10-18(8-7-15)12-17-13/h10,12,16H,2-9,11,15H2,1H3. The fourth-order valence-electron chi connectivity index (χ4n) is 2.84. The minimum Gasteiger partial charge on any atom is -0.336 e. The van der Waals surface area contributed by atoms with Crippen molar-refractivity contribution in [2.75, 3.05) is 13.1 Å². The molecule has 0 bridgehead atoms. The van der Waals surface area contributed by atoms with Crippen LogP contribution in [-0.2, 0) is 13.1 Å². The van der Waals surface area contributed by atoms with Crippen molar-refractivity contribution in [2.45, 2.75) is 52.1 Å². The molecule has 0 spiro atoms. The van der Waals surface area contributed by atoms with Gasteiger partial charge in [-0.05, 0) is 18.3 Å². The van der Waals surface area contributed by atoms with E-state index in [1.165, 1.54) is 32.1 Å². The summed E-state index contributed by atoms with van der Waals surface area (Å²) >= 11 is 0. The number of nitrogens with two attached hydrogens (primary N) is 1. The molecule has 0 amide bonds. The van der Waals surface area contributed by atoms with Gasteiger partial charge in [-0.3, -0.25) is 0 Å². The molecule has 1 aromatic heterocycles. The van der Waals surface area contributed by atoms with E-state index >= 15 is 0 Å². The highest BCUT2D eigenvalue weighted by atomic mass is 15.1. The third-order valence-corrected chi connectivity index (χ3v) is 3.99. The molecule has 102 valence electrons. The number of nitrogens with one attached hydrogen (secondary N) is 1. The summed E-state index contributed by atoms with van der Waals surface area (Å²) in [5.74, 6) is 0. The first kappa shape index (κ1) is 13.6. The number of hydrogen-bond donors (Lipinski definition) is 2. The van der Waals surface area contributed by atoms with E-state index < -0.39 is 0 Å². The van der Waals surface area contributed by atoms with Crippen LogP contribution in [-0.4, -0.2) is 22.6 Å². The predicted molar refractivity (Wildman–Crippen MR) is 74.2 cm³/mol. The Bertz CT molecular complexity index is 352. The fourth-order valence-corrected chi connectivity index (χ4v) is 2.84. The lowest BCUT2D eigenvalue weighted by Crippen LogP contribution is -2.33. The van der Waals surface area contributed by atoms with E-state index in [1.54, 1.807) is 0 Å². The average Bonchev–Trinajstić information content (AvgIpc) is 2.78. The van der Waals surface area contributed by atoms with Crippen molar-refractivity contribution < 1.29 is 0 Å². The van der Waals surface area contributed by atoms with Crippen molar-refractivity contribution in [3.8, 4) is 0 Å². The first-order chi connectivity index (χ1) is 8.72. The van der Waals surface area contributed by atoms with Crippen molar-refractivity contribution in [3.05, 3.63) is 18.2 Å². The van der Waals surface area contributed by atoms with Crippen LogP contribution in [0.3, 0.4) is 0 Å². The highest BCUT2D eigenvalue weighted by Crippen LogP contribution is 2.34. The molecule has 0 saturated heterocycles. The topological polar surface area (TPSA) is 55.9 Å². The third kappa shape index (κ3) is 3.82. The van der Waals surface area contributed by atoms with Gasteiger partial charge in [0.05, 0.1) is 12.0 Å². The van der Waals surface area contributed by atoms with E-state index in [-0.39, 0.29) is 0 Å². The van der Waals surface area contributed by atoms with E-state index in [0.717, 1.165) is 25.3 Å². The highest BCUT2D eigenvalue weighted by Gasteiger charge is 2.25. The lowest BCUT2D eigenvalue weighted by Gasteiger charge is -2.33. The molecule has 1 aromatic rings. The van der Waals surface area contributed by atoms with E-state index in [2.05, 4.69) is 28.0 Å². The Kier molecular flexibility index (Phi) is 4.78. The number of nitrogens with zero attached hydrogens (tertiary/aromatic N) is 2. The van der Waals surface area contributed by atoms with Crippen molar-refractivity contribution in [1.29, 1.82) is 0 Å². The second-order valence-electron chi connectivity index (χ2n) is 5.87. The Morgan fingerprint density at radius 3 is 2.89 bits per heavy atom. The Hall–Kier alpha value is -0.870. The summed E-state index contributed by atoms with van der Waals surface area (Å²) in [7, 11) is 0. The maximum atomic E-state index is 5.52. The van der Waals surface area contributed by atoms with Gasteiger partial charge in [-0.1, -0.05) is 26.2 Å². The van der Waals surface area contributed by atoms with Crippen LogP contribution >= 0.6 is 0 Å². The Morgan fingerprint density at radius 2 is 2.17 bits per heavy atom. The first-order valence-electron chi connectivity index (χ1n) is 7.13. The zero-order valence-electron chi connectivity index (χ0n) is 11.5. The molecule has 1 fully saturated rings. The van der Waals surface area contributed by atoms with E-state index in [1.807, 2.05) is 6.33 Å². The number of aromatic nitrogens is 2. The van der Waals surface area contributed by atoms with Crippen LogP contribution < -0.4 is 11.1 Å². The second kappa shape index (κ2) is 6.34. The van der Waals surface area contributed by atoms with E-state index in [9.17, 15) is 0 Å². The normalized spacial score (nSPS) is 19.0. The SMILES string of the molecule is CC1(CNCc2cn(CCN)cn2)CCCCC1. The zero-order chi connectivity index (χ0) is 12.8. The van der Waals surface area contributed by atoms with E-state index in [0.29, 0.717) is 12.0 Å². The van der Waals surface area contributed by atoms with Gasteiger partial charge in [-0.15, -0.1) is 0 Å². The monoisotopic (exact) mass is 250 g/mol. The summed E-state index contributed by atoms with van der Waals surface area (Å²) in [5, 5.41) is 3.56. The second-order valence-corrected chi connectivity index (χ2v) is 5.87. The van der Waals surface area contributed by atoms with Crippen molar-refractivity contribution in [2.24, 2.45) is 11.1 Å². The molecular formula is C14H26N4. The summed E-state index contributed by atoms with van der Waals surface area (Å²) in [6.45, 7) is 5.90. The van der Waals surface area contributed by atoms with Gasteiger partial charge in [-0.2, -0.15) is 0 Å². The van der Waals surface area contributed by atoms with Crippen molar-refractivity contribution in [1.82, 2.24) is 14.9 Å². The minimum absolute atomic E-state index is 0.498. The van der Waals surface area contributed by atoms with Crippen molar-refractivity contribution >= 4 is 0 Å². The lowest BCUT2D eigenvalue weighted by atomic mass is 9.76. The van der Waals surface area contributed by atoms with Gasteiger partial charge in [0.1, 0.15) is 0 Å². The fraction of sp³-hybridized carbons (Fsp3) is 0.786. The Labute approximate surface area is 110 Å². The first-order valence-corrected chi connectivity index (χ1v) is 7.13. The highest BCUT2D eigenvalue weighted by molar-refractivity contribution is 4.96. The molecule has 0 radical (unpaired) electrons. The van der Waals surface area contributed by atoms with Crippen molar-refractivity contribution in [3.63, 3.8) is 0 Å². The lowest BCUT2D eigenvalue weighted by molar-refractivity contribution is 0.207. The van der Waals surface area contributed by atoms with Gasteiger partial charge in [0, 0.05) is 32.4 Å². The molecule has 1 aliphatic carbocycles. The molecule has 3 N–H and O–H groups in total. The summed E-state index contributed by atoms with van der Waals surface area (Å²) < 4.78 is 2.05. The summed E-state index contributed by atoms with van der Waals surface area (Å²) in [6, 6.07) is 0. The number of hydrogen-bond acceptors (Lipinski definition) is 3. The molecule has 1 heterocycles. The van der Waals surface area contributed by atoms with Gasteiger partial charge < -0.3 is 15.6 Å². The quantitative estimate of drug-likeness (QED) is 0.811. The van der Waals surface area contributed by atoms with Crippen LogP contribution in [0.15, 0.2) is 12.5 Å². The molecule has 4 heteroatoms. The van der Waals surface area contributed by atoms with Gasteiger partial charge >= 0.3 is 0 Å². The van der Waals surface area contributed by atoms with Gasteiger partial charge in [-0.25, -0.2) is 4.98 Å². The van der Waals surface area contributed by atoms with Gasteiger partial charge in [0.15, 0.2) is 0 Å². The van der Waals surface area contributed by atoms with Gasteiger partial charge in [0.25, 0.3) is 0 Å². The molecule has 18 heavy (non-hydrogen) atoms. The van der Waals surface area contributed by atoms with E-state index in [4.69, 9.17) is 5.73 Å². The van der Waals surface area contributed by atoms with Crippen LogP contribution in [0.2, 0.25) is 0 Å². The predicted octanol–water partition coefficient (Wildman–Crippen LogP) is 1.90. The molecule has 0 aliphatic heterocycles. The molecular weight excluding hydrogens is 224 g/mol. The third-order valence-electron chi connectivity index (χ3n) is 3.99. The summed E-state index contributed by atoms with van der Waals surface area (Å²) in [5.41, 5.74) is 7.13. The molecule has 4 nitrogen and oxygen atoms in total. The maximum Gasteiger partial charge on any atom is 0.0950 e. The number of imidazole rings is 1. The van der Waals surface area contributed by atoms with Crippen LogP contribution in [0.25, 0.3) is 0 Å².